The summed E-state index contributed by atoms with van der Waals surface area (Å²) in [4.78, 5) is 27.9. The Morgan fingerprint density at radius 3 is 2.70 bits per heavy atom. The number of aromatic nitrogens is 1. The molecular formula is C19H28N2O6. The third-order valence-electron chi connectivity index (χ3n) is 3.74. The van der Waals surface area contributed by atoms with Crippen molar-refractivity contribution in [3.63, 3.8) is 0 Å². The summed E-state index contributed by atoms with van der Waals surface area (Å²) in [6.45, 7) is 5.98. The number of nitrogens with zero attached hydrogens (tertiary/aromatic N) is 1. The lowest BCUT2D eigenvalue weighted by Crippen LogP contribution is -2.29. The Morgan fingerprint density at radius 1 is 1.30 bits per heavy atom. The van der Waals surface area contributed by atoms with Crippen molar-refractivity contribution >= 4 is 17.9 Å². The normalized spacial score (nSPS) is 17.1. The lowest BCUT2D eigenvalue weighted by atomic mass is 10.2. The summed E-state index contributed by atoms with van der Waals surface area (Å²) in [6.07, 6.45) is 2.38. The molecule has 0 radical (unpaired) electrons. The fraction of sp³-hybridized carbons (Fsp3) is 0.632. The minimum atomic E-state index is -0.639. The third-order valence-corrected chi connectivity index (χ3v) is 3.74. The van der Waals surface area contributed by atoms with Crippen LogP contribution in [0.3, 0.4) is 0 Å². The Bertz CT molecular complexity index is 650. The van der Waals surface area contributed by atoms with Gasteiger partial charge in [-0.1, -0.05) is 0 Å². The molecule has 1 N–H and O–H groups in total. The van der Waals surface area contributed by atoms with Crippen LogP contribution in [0.2, 0.25) is 0 Å². The highest BCUT2D eigenvalue weighted by atomic mass is 16.7. The fourth-order valence-electron chi connectivity index (χ4n) is 2.49. The molecule has 8 heteroatoms. The molecule has 1 amide bonds. The summed E-state index contributed by atoms with van der Waals surface area (Å²) >= 11 is 0. The van der Waals surface area contributed by atoms with Crippen molar-refractivity contribution in [3.8, 4) is 5.75 Å². The van der Waals surface area contributed by atoms with Crippen molar-refractivity contribution in [1.82, 2.24) is 4.98 Å². The van der Waals surface area contributed by atoms with Gasteiger partial charge in [-0.05, 0) is 45.7 Å². The topological polar surface area (TPSA) is 96.0 Å². The van der Waals surface area contributed by atoms with E-state index in [-0.39, 0.29) is 24.5 Å². The second kappa shape index (κ2) is 9.55. The van der Waals surface area contributed by atoms with Gasteiger partial charge in [-0.3, -0.25) is 10.1 Å². The van der Waals surface area contributed by atoms with Crippen molar-refractivity contribution in [1.29, 1.82) is 0 Å². The highest BCUT2D eigenvalue weighted by Gasteiger charge is 2.21. The van der Waals surface area contributed by atoms with Crippen LogP contribution in [0, 0.1) is 0 Å². The molecule has 1 aromatic rings. The SMILES string of the molecule is COC(=O)CCc1ccc(O[C@H]2CCCCO2)c(NC(=O)OC(C)(C)C)n1. The minimum absolute atomic E-state index is 0.196. The number of amides is 1. The number of ether oxygens (including phenoxy) is 4. The average Bonchev–Trinajstić information content (AvgIpc) is 2.60. The van der Waals surface area contributed by atoms with Gasteiger partial charge in [0, 0.05) is 18.5 Å². The molecule has 0 aliphatic carbocycles. The molecule has 0 aromatic carbocycles. The predicted octanol–water partition coefficient (Wildman–Crippen LogP) is 3.44. The molecule has 27 heavy (non-hydrogen) atoms. The Hall–Kier alpha value is -2.35. The van der Waals surface area contributed by atoms with Gasteiger partial charge in [0.2, 0.25) is 0 Å². The highest BCUT2D eigenvalue weighted by molar-refractivity contribution is 5.85. The summed E-state index contributed by atoms with van der Waals surface area (Å²) in [7, 11) is 1.34. The van der Waals surface area contributed by atoms with Gasteiger partial charge >= 0.3 is 12.1 Å². The van der Waals surface area contributed by atoms with Crippen LogP contribution in [0.15, 0.2) is 12.1 Å². The van der Waals surface area contributed by atoms with Gasteiger partial charge in [0.1, 0.15) is 5.60 Å². The van der Waals surface area contributed by atoms with Gasteiger partial charge in [0.05, 0.1) is 20.1 Å². The molecule has 2 rings (SSSR count). The zero-order valence-corrected chi connectivity index (χ0v) is 16.4. The fourth-order valence-corrected chi connectivity index (χ4v) is 2.49. The Labute approximate surface area is 159 Å². The number of carbonyl (C=O) groups is 2. The first-order chi connectivity index (χ1) is 12.8. The van der Waals surface area contributed by atoms with Gasteiger partial charge in [0.15, 0.2) is 17.9 Å². The molecule has 8 nitrogen and oxygen atoms in total. The quantitative estimate of drug-likeness (QED) is 0.755. The number of hydrogen-bond donors (Lipinski definition) is 1. The van der Waals surface area contributed by atoms with Crippen LogP contribution >= 0.6 is 0 Å². The van der Waals surface area contributed by atoms with Crippen LogP contribution < -0.4 is 10.1 Å². The molecule has 0 spiro atoms. The first-order valence-electron chi connectivity index (χ1n) is 9.12. The molecule has 1 aliphatic heterocycles. The molecule has 0 bridgehead atoms. The maximum atomic E-state index is 12.2. The zero-order valence-electron chi connectivity index (χ0n) is 16.4. The maximum Gasteiger partial charge on any atom is 0.413 e. The van der Waals surface area contributed by atoms with E-state index in [1.807, 2.05) is 0 Å². The molecule has 1 saturated heterocycles. The standard InChI is InChI=1S/C19H28N2O6/c1-19(2,3)27-18(23)21-17-14(26-16-7-5-6-12-25-16)10-8-13(20-17)9-11-15(22)24-4/h8,10,16H,5-7,9,11-12H2,1-4H3,(H,20,21,23)/t16-/m0/s1. The highest BCUT2D eigenvalue weighted by Crippen LogP contribution is 2.27. The smallest absolute Gasteiger partial charge is 0.413 e. The zero-order chi connectivity index (χ0) is 19.9. The largest absolute Gasteiger partial charge is 0.469 e. The van der Waals surface area contributed by atoms with Crippen molar-refractivity contribution in [2.45, 2.75) is 64.8 Å². The van der Waals surface area contributed by atoms with Crippen LogP contribution in [0.5, 0.6) is 5.75 Å². The number of hydrogen-bond acceptors (Lipinski definition) is 7. The van der Waals surface area contributed by atoms with Crippen molar-refractivity contribution in [2.24, 2.45) is 0 Å². The van der Waals surface area contributed by atoms with Crippen LogP contribution in [0.1, 0.15) is 52.1 Å². The minimum Gasteiger partial charge on any atom is -0.469 e. The molecule has 0 saturated carbocycles. The van der Waals surface area contributed by atoms with E-state index >= 15 is 0 Å². The molecule has 1 aliphatic rings. The van der Waals surface area contributed by atoms with Gasteiger partial charge in [-0.25, -0.2) is 9.78 Å². The molecular weight excluding hydrogens is 352 g/mol. The van der Waals surface area contributed by atoms with E-state index < -0.39 is 11.7 Å². The lowest BCUT2D eigenvalue weighted by Gasteiger charge is -2.25. The first kappa shape index (κ1) is 21.0. The van der Waals surface area contributed by atoms with E-state index in [9.17, 15) is 9.59 Å². The number of methoxy groups -OCH3 is 1. The number of nitrogens with one attached hydrogen (secondary N) is 1. The molecule has 150 valence electrons. The summed E-state index contributed by atoms with van der Waals surface area (Å²) in [5.74, 6) is 0.310. The molecule has 1 atom stereocenters. The molecule has 1 fully saturated rings. The lowest BCUT2D eigenvalue weighted by molar-refractivity contribution is -0.140. The van der Waals surface area contributed by atoms with E-state index in [1.165, 1.54) is 7.11 Å². The van der Waals surface area contributed by atoms with Gasteiger partial charge in [-0.2, -0.15) is 0 Å². The average molecular weight is 380 g/mol. The number of carbonyl (C=O) groups excluding carboxylic acids is 2. The van der Waals surface area contributed by atoms with Crippen molar-refractivity contribution in [2.75, 3.05) is 19.0 Å². The summed E-state index contributed by atoms with van der Waals surface area (Å²) < 4.78 is 21.4. The van der Waals surface area contributed by atoms with E-state index in [1.54, 1.807) is 32.9 Å². The second-order valence-electron chi connectivity index (χ2n) is 7.27. The number of esters is 1. The van der Waals surface area contributed by atoms with E-state index in [4.69, 9.17) is 14.2 Å². The molecule has 2 heterocycles. The number of anilines is 1. The second-order valence-corrected chi connectivity index (χ2v) is 7.27. The summed E-state index contributed by atoms with van der Waals surface area (Å²) in [6, 6.07) is 3.46. The molecule has 1 aromatic heterocycles. The van der Waals surface area contributed by atoms with E-state index in [0.717, 1.165) is 19.3 Å². The Morgan fingerprint density at radius 2 is 2.07 bits per heavy atom. The van der Waals surface area contributed by atoms with E-state index in [2.05, 4.69) is 15.0 Å². The molecule has 0 unspecified atom stereocenters. The van der Waals surface area contributed by atoms with Crippen LogP contribution in [-0.2, 0) is 25.4 Å². The van der Waals surface area contributed by atoms with Crippen molar-refractivity contribution < 1.29 is 28.5 Å². The maximum absolute atomic E-state index is 12.2. The van der Waals surface area contributed by atoms with Gasteiger partial charge in [0.25, 0.3) is 0 Å². The summed E-state index contributed by atoms with van der Waals surface area (Å²) in [5.41, 5.74) is -0.0107. The number of rotatable bonds is 6. The Balaban J connectivity index is 2.14. The van der Waals surface area contributed by atoms with Gasteiger partial charge in [-0.15, -0.1) is 0 Å². The third kappa shape index (κ3) is 7.42. The summed E-state index contributed by atoms with van der Waals surface area (Å²) in [5, 5.41) is 2.63. The van der Waals surface area contributed by atoms with Crippen LogP contribution in [0.4, 0.5) is 10.6 Å². The van der Waals surface area contributed by atoms with Crippen molar-refractivity contribution in [3.05, 3.63) is 17.8 Å². The first-order valence-corrected chi connectivity index (χ1v) is 9.12. The van der Waals surface area contributed by atoms with Crippen LogP contribution in [0.25, 0.3) is 0 Å². The number of pyridine rings is 1. The monoisotopic (exact) mass is 380 g/mol. The number of aryl methyl sites for hydroxylation is 1. The Kier molecular flexibility index (Phi) is 7.41. The van der Waals surface area contributed by atoms with E-state index in [0.29, 0.717) is 24.5 Å². The van der Waals surface area contributed by atoms with Crippen LogP contribution in [-0.4, -0.2) is 42.7 Å². The predicted molar refractivity (Wildman–Crippen MR) is 98.6 cm³/mol. The van der Waals surface area contributed by atoms with Gasteiger partial charge < -0.3 is 18.9 Å².